The Hall–Kier alpha value is -3.29. The molecule has 0 bridgehead atoms. The predicted octanol–water partition coefficient (Wildman–Crippen LogP) is 3.87. The molecule has 0 unspecified atom stereocenters. The number of rotatable bonds is 6. The van der Waals surface area contributed by atoms with Gasteiger partial charge in [0.05, 0.1) is 17.7 Å². The summed E-state index contributed by atoms with van der Waals surface area (Å²) in [4.78, 5) is 35.1. The second kappa shape index (κ2) is 8.83. The third-order valence-electron chi connectivity index (χ3n) is 5.45. The van der Waals surface area contributed by atoms with Gasteiger partial charge in [-0.05, 0) is 37.2 Å². The zero-order chi connectivity index (χ0) is 22.0. The first-order valence-corrected chi connectivity index (χ1v) is 10.8. The molecule has 4 rings (SSSR count). The van der Waals surface area contributed by atoms with Crippen LogP contribution in [-0.4, -0.2) is 52.2 Å². The summed E-state index contributed by atoms with van der Waals surface area (Å²) in [5, 5.41) is 13.0. The number of thiophene rings is 1. The van der Waals surface area contributed by atoms with E-state index >= 15 is 0 Å². The van der Waals surface area contributed by atoms with E-state index in [1.54, 1.807) is 59.0 Å². The minimum atomic E-state index is -0.712. The molecule has 0 saturated carbocycles. The Labute approximate surface area is 185 Å². The van der Waals surface area contributed by atoms with Crippen molar-refractivity contribution < 1.29 is 14.7 Å². The Bertz CT molecular complexity index is 1100. The van der Waals surface area contributed by atoms with Crippen LogP contribution >= 0.6 is 11.3 Å². The van der Waals surface area contributed by atoms with E-state index in [4.69, 9.17) is 0 Å². The number of benzene rings is 1. The van der Waals surface area contributed by atoms with Crippen molar-refractivity contribution in [1.82, 2.24) is 14.8 Å². The van der Waals surface area contributed by atoms with Gasteiger partial charge in [-0.15, -0.1) is 11.3 Å². The smallest absolute Gasteiger partial charge is 0.295 e. The Morgan fingerprint density at radius 1 is 1.13 bits per heavy atom. The molecule has 1 aliphatic rings. The van der Waals surface area contributed by atoms with Crippen molar-refractivity contribution >= 4 is 28.8 Å². The summed E-state index contributed by atoms with van der Waals surface area (Å²) in [6.45, 7) is 0.309. The molecule has 0 aliphatic carbocycles. The lowest BCUT2D eigenvalue weighted by atomic mass is 9.96. The van der Waals surface area contributed by atoms with Crippen LogP contribution in [0.15, 0.2) is 77.9 Å². The van der Waals surface area contributed by atoms with Crippen LogP contribution in [0.3, 0.4) is 0 Å². The summed E-state index contributed by atoms with van der Waals surface area (Å²) in [5.41, 5.74) is 1.27. The Balaban J connectivity index is 1.83. The highest BCUT2D eigenvalue weighted by molar-refractivity contribution is 7.10. The van der Waals surface area contributed by atoms with Gasteiger partial charge in [0.2, 0.25) is 0 Å². The zero-order valence-corrected chi connectivity index (χ0v) is 18.1. The fourth-order valence-electron chi connectivity index (χ4n) is 3.88. The lowest BCUT2D eigenvalue weighted by Crippen LogP contribution is -2.37. The number of nitrogens with zero attached hydrogens (tertiary/aromatic N) is 3. The monoisotopic (exact) mass is 433 g/mol. The second-order valence-corrected chi connectivity index (χ2v) is 8.58. The molecule has 1 aliphatic heterocycles. The first-order chi connectivity index (χ1) is 15.0. The van der Waals surface area contributed by atoms with E-state index in [1.807, 2.05) is 48.6 Å². The van der Waals surface area contributed by atoms with Gasteiger partial charge in [-0.25, -0.2) is 0 Å². The van der Waals surface area contributed by atoms with E-state index in [2.05, 4.69) is 4.98 Å². The van der Waals surface area contributed by atoms with Crippen molar-refractivity contribution in [3.63, 3.8) is 0 Å². The maximum Gasteiger partial charge on any atom is 0.295 e. The molecular formula is C24H23N3O3S. The van der Waals surface area contributed by atoms with Crippen LogP contribution in [0.2, 0.25) is 0 Å². The molecule has 1 saturated heterocycles. The van der Waals surface area contributed by atoms with Crippen LogP contribution in [0.25, 0.3) is 5.76 Å². The molecule has 7 heteroatoms. The summed E-state index contributed by atoms with van der Waals surface area (Å²) in [7, 11) is 3.90. The predicted molar refractivity (Wildman–Crippen MR) is 120 cm³/mol. The van der Waals surface area contributed by atoms with E-state index in [1.165, 1.54) is 0 Å². The van der Waals surface area contributed by atoms with E-state index in [0.29, 0.717) is 17.7 Å². The fourth-order valence-corrected chi connectivity index (χ4v) is 4.79. The SMILES string of the molecule is CN(C)[C@@H](CN1C(=O)C(=O)/C(=C(/O)c2ccccc2)[C@H]1c1cccnc1)c1cccs1. The van der Waals surface area contributed by atoms with Gasteiger partial charge in [0, 0.05) is 29.4 Å². The number of aliphatic hydroxyl groups excluding tert-OH is 1. The number of likely N-dealkylation sites (tertiary alicyclic amines) is 1. The zero-order valence-electron chi connectivity index (χ0n) is 17.3. The summed E-state index contributed by atoms with van der Waals surface area (Å²) in [6.07, 6.45) is 3.28. The number of amides is 1. The van der Waals surface area contributed by atoms with Gasteiger partial charge < -0.3 is 14.9 Å². The Morgan fingerprint density at radius 3 is 2.52 bits per heavy atom. The summed E-state index contributed by atoms with van der Waals surface area (Å²) in [5.74, 6) is -1.47. The number of aliphatic hydroxyl groups is 1. The van der Waals surface area contributed by atoms with Crippen molar-refractivity contribution in [2.75, 3.05) is 20.6 Å². The third kappa shape index (κ3) is 4.02. The largest absolute Gasteiger partial charge is 0.507 e. The van der Waals surface area contributed by atoms with Crippen LogP contribution in [0.4, 0.5) is 0 Å². The molecule has 1 fully saturated rings. The molecule has 2 aromatic heterocycles. The van der Waals surface area contributed by atoms with Gasteiger partial charge in [-0.3, -0.25) is 14.6 Å². The van der Waals surface area contributed by atoms with Crippen LogP contribution in [0.1, 0.15) is 28.1 Å². The van der Waals surface area contributed by atoms with E-state index in [-0.39, 0.29) is 17.4 Å². The van der Waals surface area contributed by atoms with Crippen LogP contribution in [-0.2, 0) is 9.59 Å². The van der Waals surface area contributed by atoms with Crippen LogP contribution in [0.5, 0.6) is 0 Å². The first kappa shape index (κ1) is 21.0. The van der Waals surface area contributed by atoms with E-state index in [0.717, 1.165) is 4.88 Å². The Kier molecular flexibility index (Phi) is 5.97. The highest BCUT2D eigenvalue weighted by Crippen LogP contribution is 2.40. The van der Waals surface area contributed by atoms with Crippen molar-refractivity contribution in [3.8, 4) is 0 Å². The molecule has 1 amide bonds. The van der Waals surface area contributed by atoms with E-state index < -0.39 is 17.7 Å². The quantitative estimate of drug-likeness (QED) is 0.363. The first-order valence-electron chi connectivity index (χ1n) is 9.92. The molecule has 1 aromatic carbocycles. The van der Waals surface area contributed by atoms with Crippen molar-refractivity contribution in [3.05, 3.63) is 93.9 Å². The van der Waals surface area contributed by atoms with Gasteiger partial charge in [-0.2, -0.15) is 0 Å². The van der Waals surface area contributed by atoms with E-state index in [9.17, 15) is 14.7 Å². The number of hydrogen-bond donors (Lipinski definition) is 1. The molecule has 158 valence electrons. The van der Waals surface area contributed by atoms with Gasteiger partial charge in [0.15, 0.2) is 0 Å². The van der Waals surface area contributed by atoms with Gasteiger partial charge in [0.1, 0.15) is 5.76 Å². The molecule has 3 aromatic rings. The van der Waals surface area contributed by atoms with Gasteiger partial charge in [0.25, 0.3) is 11.7 Å². The van der Waals surface area contributed by atoms with Gasteiger partial charge >= 0.3 is 0 Å². The molecular weight excluding hydrogens is 410 g/mol. The minimum Gasteiger partial charge on any atom is -0.507 e. The fraction of sp³-hybridized carbons (Fsp3) is 0.208. The maximum absolute atomic E-state index is 13.2. The molecule has 0 radical (unpaired) electrons. The standard InChI is InChI=1S/C24H23N3O3S/c1-26(2)18(19-11-7-13-31-19)15-27-21(17-10-6-12-25-14-17)20(23(29)24(27)30)22(28)16-8-4-3-5-9-16/h3-14,18,21,28H,15H2,1-2H3/b22-20+/t18-,21+/m0/s1. The lowest BCUT2D eigenvalue weighted by molar-refractivity contribution is -0.140. The number of aromatic nitrogens is 1. The highest BCUT2D eigenvalue weighted by Gasteiger charge is 2.47. The number of carbonyl (C=O) groups excluding carboxylic acids is 2. The van der Waals surface area contributed by atoms with Crippen LogP contribution in [0, 0.1) is 0 Å². The van der Waals surface area contributed by atoms with Crippen molar-refractivity contribution in [2.24, 2.45) is 0 Å². The number of hydrogen-bond acceptors (Lipinski definition) is 6. The normalized spacial score (nSPS) is 19.2. The molecule has 2 atom stereocenters. The molecule has 31 heavy (non-hydrogen) atoms. The molecule has 6 nitrogen and oxygen atoms in total. The minimum absolute atomic E-state index is 0.0888. The van der Waals surface area contributed by atoms with Gasteiger partial charge in [-0.1, -0.05) is 42.5 Å². The molecule has 0 spiro atoms. The number of ketones is 1. The number of pyridine rings is 1. The molecule has 3 heterocycles. The average molecular weight is 434 g/mol. The number of Topliss-reactive ketones (excluding diaryl/α,β-unsaturated/α-hetero) is 1. The highest BCUT2D eigenvalue weighted by atomic mass is 32.1. The summed E-state index contributed by atoms with van der Waals surface area (Å²) < 4.78 is 0. The third-order valence-corrected chi connectivity index (χ3v) is 6.43. The second-order valence-electron chi connectivity index (χ2n) is 7.60. The van der Waals surface area contributed by atoms with Crippen LogP contribution < -0.4 is 0 Å². The topological polar surface area (TPSA) is 73.7 Å². The average Bonchev–Trinajstić information content (AvgIpc) is 3.40. The lowest BCUT2D eigenvalue weighted by Gasteiger charge is -2.32. The summed E-state index contributed by atoms with van der Waals surface area (Å²) in [6, 6.07) is 15.6. The Morgan fingerprint density at radius 2 is 1.90 bits per heavy atom. The number of likely N-dealkylation sites (N-methyl/N-ethyl adjacent to an activating group) is 1. The molecule has 1 N–H and O–H groups in total. The number of carbonyl (C=O) groups is 2. The van der Waals surface area contributed by atoms with Crippen molar-refractivity contribution in [1.29, 1.82) is 0 Å². The van der Waals surface area contributed by atoms with Crippen molar-refractivity contribution in [2.45, 2.75) is 12.1 Å². The summed E-state index contributed by atoms with van der Waals surface area (Å²) >= 11 is 1.61. The maximum atomic E-state index is 13.2.